The van der Waals surface area contributed by atoms with E-state index < -0.39 is 33.4 Å². The van der Waals surface area contributed by atoms with Crippen LogP contribution in [-0.2, 0) is 21.9 Å². The Morgan fingerprint density at radius 3 is 2.74 bits per heavy atom. The number of fused-ring (bicyclic) bond motifs is 4. The highest BCUT2D eigenvalue weighted by atomic mass is 35.5. The van der Waals surface area contributed by atoms with Crippen molar-refractivity contribution in [3.63, 3.8) is 0 Å². The zero-order valence-corrected chi connectivity index (χ0v) is 26.2. The van der Waals surface area contributed by atoms with Crippen LogP contribution in [0, 0.1) is 11.8 Å². The number of carbonyl (C=O) groups is 1. The lowest BCUT2D eigenvalue weighted by molar-refractivity contribution is -0.0769. The summed E-state index contributed by atoms with van der Waals surface area (Å²) in [6.45, 7) is 3.07. The van der Waals surface area contributed by atoms with Gasteiger partial charge in [-0.1, -0.05) is 36.7 Å². The average Bonchev–Trinajstić information content (AvgIpc) is 3.11. The number of hydrogen-bond acceptors (Lipinski definition) is 7. The van der Waals surface area contributed by atoms with Gasteiger partial charge in [-0.25, -0.2) is 13.1 Å². The number of aryl methyl sites for hydroxylation is 1. The maximum Gasteiger partial charge on any atom is 0.264 e. The van der Waals surface area contributed by atoms with E-state index in [0.717, 1.165) is 37.8 Å². The number of amides is 1. The van der Waals surface area contributed by atoms with E-state index in [1.54, 1.807) is 37.3 Å². The molecule has 5 atom stereocenters. The standard InChI is InChI=1S/C33H41ClN2O6S/c1-2-26-7-3-4-15-33(39,20-37)28-11-8-24(28)18-36-19-32(14-5-6-22-16-25(34)10-12-27(22)32)21-42-30-13-9-23(17-29(30)36)31(38)35-43(26,40)41/h4,9-10,12-13,15-17,24,26,28,37,39H,2-3,5-8,11,14,18-21H2,1H3,(H,35,38)/b15-4+/t24-,26+,28+,32-,33+/m0/s1. The Bertz CT molecular complexity index is 1530. The number of aliphatic hydroxyl groups excluding tert-OH is 1. The molecular weight excluding hydrogens is 588 g/mol. The molecule has 1 amide bonds. The van der Waals surface area contributed by atoms with Gasteiger partial charge in [-0.05, 0) is 105 Å². The molecule has 2 aromatic carbocycles. The Balaban J connectivity index is 1.44. The third-order valence-corrected chi connectivity index (χ3v) is 12.4. The summed E-state index contributed by atoms with van der Waals surface area (Å²) in [4.78, 5) is 15.6. The van der Waals surface area contributed by atoms with Gasteiger partial charge in [0.05, 0.1) is 24.2 Å². The van der Waals surface area contributed by atoms with Crippen molar-refractivity contribution in [2.45, 2.75) is 74.6 Å². The summed E-state index contributed by atoms with van der Waals surface area (Å²) in [5.41, 5.74) is 1.72. The molecule has 4 aliphatic rings. The third-order valence-electron chi connectivity index (χ3n) is 10.3. The van der Waals surface area contributed by atoms with Gasteiger partial charge in [0, 0.05) is 29.1 Å². The topological polar surface area (TPSA) is 116 Å². The predicted molar refractivity (Wildman–Crippen MR) is 167 cm³/mol. The van der Waals surface area contributed by atoms with E-state index in [-0.39, 0.29) is 22.8 Å². The smallest absolute Gasteiger partial charge is 0.264 e. The van der Waals surface area contributed by atoms with Crippen LogP contribution in [0.3, 0.4) is 0 Å². The molecule has 232 valence electrons. The Labute approximate surface area is 259 Å². The van der Waals surface area contributed by atoms with Crippen molar-refractivity contribution in [2.75, 3.05) is 31.2 Å². The van der Waals surface area contributed by atoms with E-state index in [9.17, 15) is 23.4 Å². The van der Waals surface area contributed by atoms with Crippen molar-refractivity contribution in [3.05, 3.63) is 70.3 Å². The van der Waals surface area contributed by atoms with Gasteiger partial charge >= 0.3 is 0 Å². The number of ether oxygens (including phenoxy) is 1. The summed E-state index contributed by atoms with van der Waals surface area (Å²) in [6.07, 6.45) is 9.03. The van der Waals surface area contributed by atoms with E-state index in [2.05, 4.69) is 15.7 Å². The number of allylic oxidation sites excluding steroid dienone is 1. The molecule has 1 fully saturated rings. The molecule has 2 bridgehead atoms. The molecule has 1 spiro atoms. The van der Waals surface area contributed by atoms with Crippen LogP contribution in [0.4, 0.5) is 5.69 Å². The molecule has 2 aliphatic carbocycles. The average molecular weight is 629 g/mol. The van der Waals surface area contributed by atoms with E-state index in [1.165, 1.54) is 11.1 Å². The second kappa shape index (κ2) is 11.7. The van der Waals surface area contributed by atoms with Gasteiger partial charge in [0.1, 0.15) is 11.4 Å². The molecule has 2 aromatic rings. The Kier molecular flexibility index (Phi) is 8.30. The largest absolute Gasteiger partial charge is 0.490 e. The van der Waals surface area contributed by atoms with Crippen molar-refractivity contribution in [1.29, 1.82) is 0 Å². The van der Waals surface area contributed by atoms with E-state index in [0.29, 0.717) is 49.7 Å². The van der Waals surface area contributed by atoms with E-state index >= 15 is 0 Å². The van der Waals surface area contributed by atoms with Crippen LogP contribution in [0.1, 0.15) is 73.4 Å². The summed E-state index contributed by atoms with van der Waals surface area (Å²) < 4.78 is 35.3. The van der Waals surface area contributed by atoms with Gasteiger partial charge in [-0.3, -0.25) is 4.79 Å². The molecule has 0 unspecified atom stereocenters. The van der Waals surface area contributed by atoms with Gasteiger partial charge in [0.2, 0.25) is 10.0 Å². The molecular formula is C33H41ClN2O6S. The number of aliphatic hydroxyl groups is 2. The third kappa shape index (κ3) is 5.70. The predicted octanol–water partition coefficient (Wildman–Crippen LogP) is 4.75. The molecule has 8 nitrogen and oxygen atoms in total. The summed E-state index contributed by atoms with van der Waals surface area (Å²) in [7, 11) is -3.94. The number of nitrogens with one attached hydrogen (secondary N) is 1. The van der Waals surface area contributed by atoms with Crippen LogP contribution < -0.4 is 14.4 Å². The fraction of sp³-hybridized carbons (Fsp3) is 0.545. The van der Waals surface area contributed by atoms with E-state index in [1.807, 2.05) is 12.1 Å². The van der Waals surface area contributed by atoms with E-state index in [4.69, 9.17) is 16.3 Å². The number of halogens is 1. The Morgan fingerprint density at radius 1 is 1.16 bits per heavy atom. The number of nitrogens with zero attached hydrogens (tertiary/aromatic N) is 1. The molecule has 0 aromatic heterocycles. The first-order chi connectivity index (χ1) is 20.6. The number of hydrogen-bond donors (Lipinski definition) is 3. The number of anilines is 1. The van der Waals surface area contributed by atoms with Gasteiger partial charge in [0.15, 0.2) is 0 Å². The first kappa shape index (κ1) is 30.4. The Hall–Kier alpha value is -2.59. The van der Waals surface area contributed by atoms with Crippen molar-refractivity contribution in [3.8, 4) is 5.75 Å². The van der Waals surface area contributed by atoms with Gasteiger partial charge < -0.3 is 19.8 Å². The normalized spacial score (nSPS) is 32.8. The van der Waals surface area contributed by atoms with Crippen LogP contribution in [0.5, 0.6) is 5.75 Å². The highest BCUT2D eigenvalue weighted by Crippen LogP contribution is 2.48. The lowest BCUT2D eigenvalue weighted by atomic mass is 9.64. The quantitative estimate of drug-likeness (QED) is 0.411. The molecule has 10 heteroatoms. The molecule has 43 heavy (non-hydrogen) atoms. The lowest BCUT2D eigenvalue weighted by Crippen LogP contribution is -2.53. The van der Waals surface area contributed by atoms with Crippen LogP contribution in [0.15, 0.2) is 48.6 Å². The summed E-state index contributed by atoms with van der Waals surface area (Å²) in [5.74, 6) is -0.0677. The van der Waals surface area contributed by atoms with Gasteiger partial charge in [-0.2, -0.15) is 0 Å². The minimum Gasteiger partial charge on any atom is -0.490 e. The first-order valence-corrected chi connectivity index (χ1v) is 17.4. The Morgan fingerprint density at radius 2 is 2.00 bits per heavy atom. The summed E-state index contributed by atoms with van der Waals surface area (Å²) in [6, 6.07) is 11.2. The van der Waals surface area contributed by atoms with Gasteiger partial charge in [-0.15, -0.1) is 0 Å². The number of benzene rings is 2. The SMILES string of the molecule is CC[C@@H]1CC/C=C/[C@@](O)(CO)[C@@H]2CC[C@H]2CN2C[C@@]3(CCCc4cc(Cl)ccc43)COc3ccc(cc32)C(=O)NS1(=O)=O. The summed E-state index contributed by atoms with van der Waals surface area (Å²) in [5, 5.41) is 21.9. The molecule has 3 N–H and O–H groups in total. The number of sulfonamides is 1. The molecule has 0 saturated heterocycles. The molecule has 6 rings (SSSR count). The minimum atomic E-state index is -3.94. The fourth-order valence-electron chi connectivity index (χ4n) is 7.70. The van der Waals surface area contributed by atoms with Crippen LogP contribution in [-0.4, -0.2) is 61.7 Å². The zero-order chi connectivity index (χ0) is 30.4. The maximum atomic E-state index is 13.4. The fourth-order valence-corrected chi connectivity index (χ4v) is 9.32. The summed E-state index contributed by atoms with van der Waals surface area (Å²) >= 11 is 6.39. The van der Waals surface area contributed by atoms with Crippen LogP contribution in [0.2, 0.25) is 5.02 Å². The van der Waals surface area contributed by atoms with Crippen molar-refractivity contribution in [1.82, 2.24) is 4.72 Å². The molecule has 0 radical (unpaired) electrons. The van der Waals surface area contributed by atoms with Crippen molar-refractivity contribution in [2.24, 2.45) is 11.8 Å². The second-order valence-corrected chi connectivity index (χ2v) is 15.3. The maximum absolute atomic E-state index is 13.4. The second-order valence-electron chi connectivity index (χ2n) is 12.9. The van der Waals surface area contributed by atoms with Crippen molar-refractivity contribution < 1.29 is 28.2 Å². The zero-order valence-electron chi connectivity index (χ0n) is 24.6. The molecule has 2 aliphatic heterocycles. The molecule has 2 heterocycles. The monoisotopic (exact) mass is 628 g/mol. The lowest BCUT2D eigenvalue weighted by Gasteiger charge is -2.48. The highest BCUT2D eigenvalue weighted by molar-refractivity contribution is 7.90. The first-order valence-electron chi connectivity index (χ1n) is 15.4. The minimum absolute atomic E-state index is 0.104. The highest BCUT2D eigenvalue weighted by Gasteiger charge is 2.48. The van der Waals surface area contributed by atoms with Gasteiger partial charge in [0.25, 0.3) is 5.91 Å². The van der Waals surface area contributed by atoms with Crippen molar-refractivity contribution >= 4 is 33.2 Å². The number of carbonyl (C=O) groups excluding carboxylic acids is 1. The van der Waals surface area contributed by atoms with Crippen LogP contribution >= 0.6 is 11.6 Å². The number of rotatable bonds is 2. The van der Waals surface area contributed by atoms with Crippen LogP contribution in [0.25, 0.3) is 0 Å². The molecule has 1 saturated carbocycles.